The van der Waals surface area contributed by atoms with Crippen molar-refractivity contribution >= 4 is 61.1 Å². The molecule has 6 aromatic carbocycles. The van der Waals surface area contributed by atoms with Gasteiger partial charge in [-0.25, -0.2) is 15.0 Å². The van der Waals surface area contributed by atoms with Crippen LogP contribution in [0.4, 0.5) is 17.5 Å². The predicted molar refractivity (Wildman–Crippen MR) is 333 cm³/mol. The second kappa shape index (κ2) is 25.9. The summed E-state index contributed by atoms with van der Waals surface area (Å²) >= 11 is 0. The molecule has 0 bridgehead atoms. The molecule has 3 atom stereocenters. The molecule has 83 heavy (non-hydrogen) atoms. The zero-order valence-electron chi connectivity index (χ0n) is 46.1. The molecule has 0 aliphatic rings. The summed E-state index contributed by atoms with van der Waals surface area (Å²) in [5.74, 6) is 2.15. The molecule has 0 amide bonds. The number of rotatable bonds is 18. The van der Waals surface area contributed by atoms with Gasteiger partial charge in [-0.1, -0.05) is 97.1 Å². The Labute approximate surface area is 479 Å². The number of aromatic amines is 4. The first-order valence-corrected chi connectivity index (χ1v) is 27.5. The second-order valence-electron chi connectivity index (χ2n) is 20.6. The molecule has 3 unspecified atom stereocenters. The van der Waals surface area contributed by atoms with Crippen molar-refractivity contribution in [2.75, 3.05) is 35.6 Å². The Morgan fingerprint density at radius 3 is 1.39 bits per heavy atom. The van der Waals surface area contributed by atoms with Gasteiger partial charge in [0, 0.05) is 99.6 Å². The molecule has 0 saturated heterocycles. The minimum atomic E-state index is -0.0477. The van der Waals surface area contributed by atoms with Crippen LogP contribution in [0.3, 0.4) is 0 Å². The van der Waals surface area contributed by atoms with E-state index < -0.39 is 0 Å². The van der Waals surface area contributed by atoms with Gasteiger partial charge >= 0.3 is 0 Å². The lowest BCUT2D eigenvalue weighted by Gasteiger charge is -2.13. The number of hydrogen-bond acceptors (Lipinski definition) is 15. The van der Waals surface area contributed by atoms with Gasteiger partial charge in [-0.05, 0) is 91.7 Å². The van der Waals surface area contributed by atoms with Crippen molar-refractivity contribution in [2.24, 2.45) is 17.2 Å². The zero-order chi connectivity index (χ0) is 56.9. The number of benzene rings is 6. The van der Waals surface area contributed by atoms with E-state index >= 15 is 0 Å². The Morgan fingerprint density at radius 1 is 0.422 bits per heavy atom. The van der Waals surface area contributed by atoms with Crippen molar-refractivity contribution in [3.63, 3.8) is 0 Å². The summed E-state index contributed by atoms with van der Waals surface area (Å²) in [4.78, 5) is 30.4. The third-order valence-electron chi connectivity index (χ3n) is 14.1. The van der Waals surface area contributed by atoms with E-state index in [0.717, 1.165) is 120 Å². The van der Waals surface area contributed by atoms with Gasteiger partial charge < -0.3 is 38.1 Å². The number of aryl methyl sites for hydroxylation is 2. The van der Waals surface area contributed by atoms with Gasteiger partial charge in [-0.15, -0.1) is 0 Å². The molecule has 0 aliphatic carbocycles. The number of nitrogens with two attached hydrogens (primary N) is 3. The van der Waals surface area contributed by atoms with Crippen LogP contribution in [0.2, 0.25) is 0 Å². The molecule has 0 saturated carbocycles. The maximum Gasteiger partial charge on any atom is 0.145 e. The summed E-state index contributed by atoms with van der Waals surface area (Å²) in [7, 11) is 0. The maximum absolute atomic E-state index is 6.35. The molecule has 13 N–H and O–H groups in total. The first-order valence-electron chi connectivity index (χ1n) is 27.5. The van der Waals surface area contributed by atoms with Crippen LogP contribution in [0.15, 0.2) is 189 Å². The van der Waals surface area contributed by atoms with E-state index in [-0.39, 0.29) is 18.1 Å². The van der Waals surface area contributed by atoms with E-state index in [0.29, 0.717) is 25.5 Å². The summed E-state index contributed by atoms with van der Waals surface area (Å²) in [6.45, 7) is 5.89. The van der Waals surface area contributed by atoms with Crippen molar-refractivity contribution in [1.82, 2.24) is 65.5 Å². The highest BCUT2D eigenvalue weighted by Gasteiger charge is 2.13. The highest BCUT2D eigenvalue weighted by molar-refractivity contribution is 5.87. The van der Waals surface area contributed by atoms with Gasteiger partial charge in [0.1, 0.15) is 17.5 Å². The first kappa shape index (κ1) is 54.7. The Balaban J connectivity index is 0.000000131. The average Bonchev–Trinajstić information content (AvgIpc) is 4.35. The van der Waals surface area contributed by atoms with Gasteiger partial charge in [-0.3, -0.25) is 30.2 Å². The molecule has 416 valence electrons. The monoisotopic (exact) mass is 1100 g/mol. The number of fused-ring (bicyclic) bond motifs is 4. The number of H-pyrrole nitrogens is 4. The molecule has 7 heterocycles. The minimum Gasteiger partial charge on any atom is -0.367 e. The van der Waals surface area contributed by atoms with Crippen LogP contribution in [0.25, 0.3) is 77.4 Å². The topological polar surface area (TPSA) is 293 Å². The lowest BCUT2D eigenvalue weighted by atomic mass is 10.1. The van der Waals surface area contributed by atoms with Crippen molar-refractivity contribution in [3.8, 4) is 33.8 Å². The third kappa shape index (κ3) is 14.2. The van der Waals surface area contributed by atoms with Crippen LogP contribution in [0, 0.1) is 13.8 Å². The van der Waals surface area contributed by atoms with Crippen molar-refractivity contribution < 1.29 is 0 Å². The van der Waals surface area contributed by atoms with Crippen LogP contribution >= 0.6 is 0 Å². The Hall–Kier alpha value is -10.2. The van der Waals surface area contributed by atoms with E-state index in [1.165, 1.54) is 16.5 Å². The predicted octanol–water partition coefficient (Wildman–Crippen LogP) is 10.1. The molecule has 0 spiro atoms. The van der Waals surface area contributed by atoms with Crippen LogP contribution in [-0.2, 0) is 19.3 Å². The number of aromatic nitrogens is 13. The normalized spacial score (nSPS) is 12.3. The van der Waals surface area contributed by atoms with Crippen LogP contribution in [0.1, 0.15) is 28.2 Å². The lowest BCUT2D eigenvalue weighted by molar-refractivity contribution is 0.689. The fourth-order valence-corrected chi connectivity index (χ4v) is 9.75. The Kier molecular flexibility index (Phi) is 17.1. The molecule has 13 rings (SSSR count). The third-order valence-corrected chi connectivity index (χ3v) is 14.1. The van der Waals surface area contributed by atoms with E-state index in [2.05, 4.69) is 131 Å². The molecule has 19 heteroatoms. The zero-order valence-corrected chi connectivity index (χ0v) is 46.1. The summed E-state index contributed by atoms with van der Waals surface area (Å²) < 4.78 is 0. The summed E-state index contributed by atoms with van der Waals surface area (Å²) in [5.41, 5.74) is 34.0. The smallest absolute Gasteiger partial charge is 0.145 e. The SMILES string of the molecule is Cc1[nH]nc2ccc(-c3cncc(NCC(N)Cc4cc5ccccc5[nH]4)n3)cc12.Cc1[nH]nc2ccc(-c3cncc(NCC(N)Cc4ccccc4)n3)cc12.NC(CNc1cncc(-c2ccc3[nH]ncc3c2)n1)Cc1ccccc1. The highest BCUT2D eigenvalue weighted by Crippen LogP contribution is 2.27. The maximum atomic E-state index is 6.35. The summed E-state index contributed by atoms with van der Waals surface area (Å²) in [6, 6.07) is 49.1. The fraction of sp³-hybridized carbons (Fsp3) is 0.172. The molecule has 0 fully saturated rings. The quantitative estimate of drug-likeness (QED) is 0.0382. The van der Waals surface area contributed by atoms with Gasteiger partial charge in [-0.2, -0.15) is 15.3 Å². The van der Waals surface area contributed by atoms with E-state index in [4.69, 9.17) is 22.2 Å². The molecular weight excluding hydrogens is 1030 g/mol. The lowest BCUT2D eigenvalue weighted by Crippen LogP contribution is -2.31. The van der Waals surface area contributed by atoms with E-state index in [1.807, 2.05) is 105 Å². The van der Waals surface area contributed by atoms with Gasteiger partial charge in [0.05, 0.1) is 77.0 Å². The Bertz CT molecular complexity index is 4180. The molecular formula is C64H65N19. The molecule has 0 aliphatic heterocycles. The number of para-hydroxylation sites is 1. The summed E-state index contributed by atoms with van der Waals surface area (Å²) in [6.07, 6.45) is 14.7. The fourth-order valence-electron chi connectivity index (χ4n) is 9.75. The average molecular weight is 1100 g/mol. The summed E-state index contributed by atoms with van der Waals surface area (Å²) in [5, 5.41) is 35.9. The Morgan fingerprint density at radius 2 is 0.880 bits per heavy atom. The van der Waals surface area contributed by atoms with Crippen molar-refractivity contribution in [3.05, 3.63) is 217 Å². The van der Waals surface area contributed by atoms with Crippen LogP contribution in [-0.4, -0.2) is 103 Å². The molecule has 19 nitrogen and oxygen atoms in total. The number of nitrogens with zero attached hydrogens (tertiary/aromatic N) is 9. The number of hydrogen-bond donors (Lipinski definition) is 10. The minimum absolute atomic E-state index is 0.00258. The van der Waals surface area contributed by atoms with Crippen molar-refractivity contribution in [1.29, 1.82) is 0 Å². The van der Waals surface area contributed by atoms with Gasteiger partial charge in [0.15, 0.2) is 0 Å². The van der Waals surface area contributed by atoms with E-state index in [1.54, 1.807) is 43.4 Å². The second-order valence-corrected chi connectivity index (χ2v) is 20.6. The molecule has 13 aromatic rings. The van der Waals surface area contributed by atoms with Crippen LogP contribution in [0.5, 0.6) is 0 Å². The van der Waals surface area contributed by atoms with Crippen LogP contribution < -0.4 is 33.2 Å². The number of anilines is 3. The first-order chi connectivity index (χ1) is 40.6. The van der Waals surface area contributed by atoms with Gasteiger partial charge in [0.25, 0.3) is 0 Å². The largest absolute Gasteiger partial charge is 0.367 e. The number of nitrogens with one attached hydrogen (secondary N) is 7. The highest BCUT2D eigenvalue weighted by atomic mass is 15.1. The van der Waals surface area contributed by atoms with Crippen molar-refractivity contribution in [2.45, 2.75) is 51.2 Å². The van der Waals surface area contributed by atoms with E-state index in [9.17, 15) is 0 Å². The standard InChI is InChI=1S/C23H23N7.C21H22N6.C20H20N6/c1-14-19-9-16(6-7-21(19)30-29-14)22-12-25-13-23(28-22)26-11-17(24)10-18-8-15-4-2-3-5-20(15)27-18;1-14-18-10-16(7-8-19(18)27-26-14)20-12-23-13-21(25-20)24-11-17(22)9-15-5-3-2-4-6-15;21-17(8-14-4-2-1-3-5-14)11-23-20-13-22-12-19(25-20)15-6-7-18-16(9-15)10-24-26-18/h2-9,12-13,17,27H,10-11,24H2,1H3,(H,26,28)(H,29,30);2-8,10,12-13,17H,9,11,22H2,1H3,(H,24,25)(H,26,27);1-7,9-10,12-13,17H,8,11,21H2,(H,23,25)(H,24,26). The molecule has 0 radical (unpaired) electrons. The molecule has 7 aromatic heterocycles. The van der Waals surface area contributed by atoms with Gasteiger partial charge in [0.2, 0.25) is 0 Å².